The predicted octanol–water partition coefficient (Wildman–Crippen LogP) is 0.568. The number of nitrogens with zero attached hydrogens (tertiary/aromatic N) is 3. The first-order chi connectivity index (χ1) is 12.4. The van der Waals surface area contributed by atoms with Gasteiger partial charge in [-0.3, -0.25) is 9.48 Å². The van der Waals surface area contributed by atoms with Crippen molar-refractivity contribution in [3.63, 3.8) is 0 Å². The molecule has 8 nitrogen and oxygen atoms in total. The van der Waals surface area contributed by atoms with E-state index in [2.05, 4.69) is 15.1 Å². The summed E-state index contributed by atoms with van der Waals surface area (Å²) >= 11 is 0. The lowest BCUT2D eigenvalue weighted by Crippen LogP contribution is -2.39. The summed E-state index contributed by atoms with van der Waals surface area (Å²) < 4.78 is 28.7. The van der Waals surface area contributed by atoms with Crippen LogP contribution in [0.4, 0.5) is 5.69 Å². The Kier molecular flexibility index (Phi) is 5.12. The number of aromatic nitrogens is 2. The Hall–Kier alpha value is -2.23. The molecule has 1 amide bonds. The topological polar surface area (TPSA) is 96.3 Å². The predicted molar refractivity (Wildman–Crippen MR) is 98.4 cm³/mol. The quantitative estimate of drug-likeness (QED) is 0.767. The van der Waals surface area contributed by atoms with E-state index in [9.17, 15) is 13.2 Å². The van der Waals surface area contributed by atoms with E-state index in [1.54, 1.807) is 61.2 Å². The number of aryl methyl sites for hydroxylation is 1. The van der Waals surface area contributed by atoms with Gasteiger partial charge in [0.2, 0.25) is 15.9 Å². The molecule has 1 aliphatic rings. The van der Waals surface area contributed by atoms with Crippen LogP contribution in [0, 0.1) is 0 Å². The van der Waals surface area contributed by atoms with Crippen LogP contribution in [-0.4, -0.2) is 44.2 Å². The smallest absolute Gasteiger partial charge is 0.248 e. The molecule has 1 atom stereocenters. The van der Waals surface area contributed by atoms with Gasteiger partial charge in [0.1, 0.15) is 6.04 Å². The maximum absolute atomic E-state index is 13.1. The maximum atomic E-state index is 13.1. The summed E-state index contributed by atoms with van der Waals surface area (Å²) in [5, 5.41) is 7.15. The summed E-state index contributed by atoms with van der Waals surface area (Å²) in [6, 6.07) is 4.41. The summed E-state index contributed by atoms with van der Waals surface area (Å²) in [4.78, 5) is 14.9. The number of fused-ring (bicyclic) bond motifs is 1. The maximum Gasteiger partial charge on any atom is 0.248 e. The van der Waals surface area contributed by atoms with E-state index in [0.717, 1.165) is 11.1 Å². The SMILES string of the molecule is CCNS(=O)(=O)c1ccc2c(c1)N(C(=O)C(NC)c1cnn(C)c1)CC2. The van der Waals surface area contributed by atoms with E-state index in [0.29, 0.717) is 25.2 Å². The first-order valence-corrected chi connectivity index (χ1v) is 9.95. The molecule has 1 aromatic heterocycles. The molecule has 0 saturated carbocycles. The lowest BCUT2D eigenvalue weighted by Gasteiger charge is -2.23. The van der Waals surface area contributed by atoms with Crippen LogP contribution < -0.4 is 14.9 Å². The molecule has 1 aliphatic heterocycles. The Bertz CT molecular complexity index is 922. The number of anilines is 1. The molecule has 0 bridgehead atoms. The molecule has 0 fully saturated rings. The van der Waals surface area contributed by atoms with E-state index in [1.165, 1.54) is 0 Å². The van der Waals surface area contributed by atoms with Crippen molar-refractivity contribution in [3.8, 4) is 0 Å². The number of rotatable bonds is 6. The largest absolute Gasteiger partial charge is 0.310 e. The van der Waals surface area contributed by atoms with Gasteiger partial charge in [0.15, 0.2) is 0 Å². The minimum Gasteiger partial charge on any atom is -0.310 e. The Labute approximate surface area is 153 Å². The number of benzene rings is 1. The third-order valence-electron chi connectivity index (χ3n) is 4.46. The zero-order valence-electron chi connectivity index (χ0n) is 15.1. The number of carbonyl (C=O) groups is 1. The van der Waals surface area contributed by atoms with Crippen LogP contribution in [0.15, 0.2) is 35.5 Å². The van der Waals surface area contributed by atoms with Crippen molar-refractivity contribution in [1.29, 1.82) is 0 Å². The van der Waals surface area contributed by atoms with Crippen LogP contribution in [-0.2, 0) is 28.3 Å². The van der Waals surface area contributed by atoms with Gasteiger partial charge in [-0.2, -0.15) is 5.10 Å². The molecule has 1 aromatic carbocycles. The lowest BCUT2D eigenvalue weighted by atomic mass is 10.1. The molecule has 9 heteroatoms. The van der Waals surface area contributed by atoms with Gasteiger partial charge in [0, 0.05) is 37.6 Å². The van der Waals surface area contributed by atoms with Gasteiger partial charge < -0.3 is 10.2 Å². The number of nitrogens with one attached hydrogen (secondary N) is 2. The van der Waals surface area contributed by atoms with Crippen molar-refractivity contribution < 1.29 is 13.2 Å². The van der Waals surface area contributed by atoms with Crippen molar-refractivity contribution in [3.05, 3.63) is 41.7 Å². The summed E-state index contributed by atoms with van der Waals surface area (Å²) in [7, 11) is -0.0564. The molecule has 140 valence electrons. The van der Waals surface area contributed by atoms with Crippen molar-refractivity contribution in [2.45, 2.75) is 24.3 Å². The van der Waals surface area contributed by atoms with Gasteiger partial charge in [0.05, 0.1) is 11.1 Å². The normalized spacial score (nSPS) is 15.1. The second kappa shape index (κ2) is 7.18. The summed E-state index contributed by atoms with van der Waals surface area (Å²) in [6.07, 6.45) is 4.15. The van der Waals surface area contributed by atoms with Gasteiger partial charge in [-0.1, -0.05) is 13.0 Å². The van der Waals surface area contributed by atoms with Crippen molar-refractivity contribution in [2.24, 2.45) is 7.05 Å². The Morgan fingerprint density at radius 1 is 1.38 bits per heavy atom. The molecule has 0 saturated heterocycles. The molecule has 1 unspecified atom stereocenters. The molecule has 2 aromatic rings. The fraction of sp³-hybridized carbons (Fsp3) is 0.412. The Morgan fingerprint density at radius 2 is 2.15 bits per heavy atom. The zero-order chi connectivity index (χ0) is 18.9. The Morgan fingerprint density at radius 3 is 2.77 bits per heavy atom. The van der Waals surface area contributed by atoms with Crippen LogP contribution in [0.5, 0.6) is 0 Å². The molecule has 26 heavy (non-hydrogen) atoms. The van der Waals surface area contributed by atoms with Crippen LogP contribution in [0.2, 0.25) is 0 Å². The minimum absolute atomic E-state index is 0.128. The van der Waals surface area contributed by atoms with E-state index < -0.39 is 16.1 Å². The van der Waals surface area contributed by atoms with Crippen molar-refractivity contribution >= 4 is 21.6 Å². The molecular weight excluding hydrogens is 354 g/mol. The molecule has 0 radical (unpaired) electrons. The van der Waals surface area contributed by atoms with Gasteiger partial charge in [-0.15, -0.1) is 0 Å². The average Bonchev–Trinajstić information content (AvgIpc) is 3.21. The average molecular weight is 377 g/mol. The second-order valence-electron chi connectivity index (χ2n) is 6.20. The van der Waals surface area contributed by atoms with E-state index in [1.807, 2.05) is 0 Å². The van der Waals surface area contributed by atoms with E-state index in [-0.39, 0.29) is 10.8 Å². The van der Waals surface area contributed by atoms with Crippen LogP contribution in [0.3, 0.4) is 0 Å². The summed E-state index contributed by atoms with van der Waals surface area (Å²) in [6.45, 7) is 2.56. The fourth-order valence-electron chi connectivity index (χ4n) is 3.21. The third kappa shape index (κ3) is 3.37. The molecule has 2 heterocycles. The molecule has 2 N–H and O–H groups in total. The molecule has 0 spiro atoms. The number of amides is 1. The van der Waals surface area contributed by atoms with Gasteiger partial charge in [-0.05, 0) is 31.2 Å². The lowest BCUT2D eigenvalue weighted by molar-refractivity contribution is -0.120. The number of sulfonamides is 1. The highest BCUT2D eigenvalue weighted by Crippen LogP contribution is 2.32. The zero-order valence-corrected chi connectivity index (χ0v) is 15.9. The number of likely N-dealkylation sites (N-methyl/N-ethyl adjacent to an activating group) is 1. The monoisotopic (exact) mass is 377 g/mol. The third-order valence-corrected chi connectivity index (χ3v) is 6.00. The summed E-state index contributed by atoms with van der Waals surface area (Å²) in [5.74, 6) is -0.128. The van der Waals surface area contributed by atoms with Crippen LogP contribution in [0.1, 0.15) is 24.1 Å². The molecule has 0 aliphatic carbocycles. The minimum atomic E-state index is -3.57. The highest BCUT2D eigenvalue weighted by Gasteiger charge is 2.32. The van der Waals surface area contributed by atoms with E-state index in [4.69, 9.17) is 0 Å². The van der Waals surface area contributed by atoms with Crippen LogP contribution in [0.25, 0.3) is 0 Å². The first-order valence-electron chi connectivity index (χ1n) is 8.47. The van der Waals surface area contributed by atoms with E-state index >= 15 is 0 Å². The summed E-state index contributed by atoms with van der Waals surface area (Å²) in [5.41, 5.74) is 2.39. The standard InChI is InChI=1S/C17H23N5O3S/c1-4-20-26(24,25)14-6-5-12-7-8-22(15(12)9-14)17(23)16(18-2)13-10-19-21(3)11-13/h5-6,9-11,16,18,20H,4,7-8H2,1-3H3. The first kappa shape index (κ1) is 18.6. The number of hydrogen-bond donors (Lipinski definition) is 2. The Balaban J connectivity index is 1.94. The number of carbonyl (C=O) groups excluding carboxylic acids is 1. The fourth-order valence-corrected chi connectivity index (χ4v) is 4.27. The number of hydrogen-bond acceptors (Lipinski definition) is 5. The highest BCUT2D eigenvalue weighted by molar-refractivity contribution is 7.89. The van der Waals surface area contributed by atoms with Crippen molar-refractivity contribution in [1.82, 2.24) is 19.8 Å². The molecular formula is C17H23N5O3S. The van der Waals surface area contributed by atoms with Gasteiger partial charge in [-0.25, -0.2) is 13.1 Å². The highest BCUT2D eigenvalue weighted by atomic mass is 32.2. The molecule has 3 rings (SSSR count). The van der Waals surface area contributed by atoms with Gasteiger partial charge in [0.25, 0.3) is 0 Å². The van der Waals surface area contributed by atoms with Gasteiger partial charge >= 0.3 is 0 Å². The van der Waals surface area contributed by atoms with Crippen molar-refractivity contribution in [2.75, 3.05) is 25.0 Å². The second-order valence-corrected chi connectivity index (χ2v) is 7.97. The van der Waals surface area contributed by atoms with Crippen LogP contribution >= 0.6 is 0 Å².